The largest absolute Gasteiger partial charge is 0.493 e. The first kappa shape index (κ1) is 19.9. The highest BCUT2D eigenvalue weighted by Gasteiger charge is 2.17. The molecule has 1 heterocycles. The molecule has 1 amide bonds. The van der Waals surface area contributed by atoms with E-state index in [-0.39, 0.29) is 11.9 Å². The van der Waals surface area contributed by atoms with E-state index in [1.54, 1.807) is 0 Å². The molecule has 2 aromatic carbocycles. The predicted molar refractivity (Wildman–Crippen MR) is 113 cm³/mol. The molecule has 0 saturated carbocycles. The predicted octanol–water partition coefficient (Wildman–Crippen LogP) is 4.71. The summed E-state index contributed by atoms with van der Waals surface area (Å²) in [4.78, 5) is 16.2. The molecule has 1 atom stereocenters. The number of ether oxygens (including phenoxy) is 1. The number of unbranched alkanes of at least 4 members (excludes halogenated alkanes) is 1. The van der Waals surface area contributed by atoms with Gasteiger partial charge in [-0.3, -0.25) is 4.79 Å². The lowest BCUT2D eigenvalue weighted by atomic mass is 10.1. The van der Waals surface area contributed by atoms with Crippen LogP contribution in [0.1, 0.15) is 49.7 Å². The molecule has 1 aromatic heterocycles. The van der Waals surface area contributed by atoms with Gasteiger partial charge in [0.1, 0.15) is 11.6 Å². The van der Waals surface area contributed by atoms with Gasteiger partial charge in [0.25, 0.3) is 0 Å². The number of rotatable bonds is 8. The van der Waals surface area contributed by atoms with E-state index >= 15 is 0 Å². The third-order valence-electron chi connectivity index (χ3n) is 4.87. The highest BCUT2D eigenvalue weighted by atomic mass is 16.5. The van der Waals surface area contributed by atoms with Gasteiger partial charge in [-0.1, -0.05) is 24.3 Å². The van der Waals surface area contributed by atoms with Crippen molar-refractivity contribution < 1.29 is 9.53 Å². The quantitative estimate of drug-likeness (QED) is 0.577. The molecule has 28 heavy (non-hydrogen) atoms. The van der Waals surface area contributed by atoms with E-state index in [0.29, 0.717) is 6.61 Å². The number of imidazole rings is 1. The molecule has 5 nitrogen and oxygen atoms in total. The number of fused-ring (bicyclic) bond motifs is 1. The van der Waals surface area contributed by atoms with Gasteiger partial charge in [-0.2, -0.15) is 0 Å². The Morgan fingerprint density at radius 1 is 1.18 bits per heavy atom. The summed E-state index contributed by atoms with van der Waals surface area (Å²) in [6.07, 6.45) is 1.93. The van der Waals surface area contributed by atoms with Crippen molar-refractivity contribution in [3.05, 3.63) is 59.4 Å². The van der Waals surface area contributed by atoms with Crippen LogP contribution in [0.5, 0.6) is 5.75 Å². The van der Waals surface area contributed by atoms with Crippen LogP contribution < -0.4 is 10.1 Å². The molecule has 5 heteroatoms. The van der Waals surface area contributed by atoms with E-state index in [1.165, 1.54) is 12.5 Å². The molecule has 0 aliphatic carbocycles. The fourth-order valence-electron chi connectivity index (χ4n) is 3.45. The Kier molecular flexibility index (Phi) is 6.34. The van der Waals surface area contributed by atoms with Crippen molar-refractivity contribution in [2.75, 3.05) is 6.61 Å². The summed E-state index contributed by atoms with van der Waals surface area (Å²) in [7, 11) is 0. The van der Waals surface area contributed by atoms with Gasteiger partial charge in [-0.15, -0.1) is 0 Å². The molecule has 0 aliphatic rings. The third-order valence-corrected chi connectivity index (χ3v) is 4.87. The van der Waals surface area contributed by atoms with E-state index in [4.69, 9.17) is 9.72 Å². The molecular weight excluding hydrogens is 350 g/mol. The molecule has 1 unspecified atom stereocenters. The summed E-state index contributed by atoms with van der Waals surface area (Å²) in [6.45, 7) is 9.19. The summed E-state index contributed by atoms with van der Waals surface area (Å²) < 4.78 is 8.19. The third kappa shape index (κ3) is 4.71. The number of amides is 1. The van der Waals surface area contributed by atoms with Gasteiger partial charge < -0.3 is 14.6 Å². The van der Waals surface area contributed by atoms with Gasteiger partial charge in [0.2, 0.25) is 5.91 Å². The van der Waals surface area contributed by atoms with Crippen LogP contribution in [0, 0.1) is 13.8 Å². The van der Waals surface area contributed by atoms with E-state index < -0.39 is 0 Å². The Balaban J connectivity index is 1.64. The van der Waals surface area contributed by atoms with Crippen LogP contribution in [0.15, 0.2) is 42.5 Å². The Labute approximate surface area is 166 Å². The number of nitrogens with one attached hydrogen (secondary N) is 1. The van der Waals surface area contributed by atoms with Crippen LogP contribution >= 0.6 is 0 Å². The number of carbonyl (C=O) groups excluding carboxylic acids is 1. The maximum atomic E-state index is 11.5. The van der Waals surface area contributed by atoms with Gasteiger partial charge in [0.15, 0.2) is 0 Å². The van der Waals surface area contributed by atoms with Gasteiger partial charge in [0.05, 0.1) is 23.7 Å². The maximum Gasteiger partial charge on any atom is 0.217 e. The summed E-state index contributed by atoms with van der Waals surface area (Å²) in [5.74, 6) is 1.81. The fraction of sp³-hybridized carbons (Fsp3) is 0.391. The van der Waals surface area contributed by atoms with Crippen molar-refractivity contribution in [2.24, 2.45) is 0 Å². The topological polar surface area (TPSA) is 56.2 Å². The average Bonchev–Trinajstić information content (AvgIpc) is 3.02. The van der Waals surface area contributed by atoms with Gasteiger partial charge >= 0.3 is 0 Å². The number of para-hydroxylation sites is 2. The molecule has 0 saturated heterocycles. The van der Waals surface area contributed by atoms with Crippen molar-refractivity contribution in [2.45, 2.75) is 53.1 Å². The lowest BCUT2D eigenvalue weighted by Gasteiger charge is -2.16. The normalized spacial score (nSPS) is 12.1. The first-order chi connectivity index (χ1) is 13.5. The summed E-state index contributed by atoms with van der Waals surface area (Å²) in [5, 5.41) is 2.95. The zero-order chi connectivity index (χ0) is 20.1. The van der Waals surface area contributed by atoms with Crippen molar-refractivity contribution in [3.8, 4) is 5.75 Å². The van der Waals surface area contributed by atoms with E-state index in [0.717, 1.165) is 47.6 Å². The Hall–Kier alpha value is -2.82. The van der Waals surface area contributed by atoms with Crippen LogP contribution in [0.3, 0.4) is 0 Å². The van der Waals surface area contributed by atoms with Crippen LogP contribution in [-0.4, -0.2) is 22.1 Å². The van der Waals surface area contributed by atoms with E-state index in [1.807, 2.05) is 25.1 Å². The molecular formula is C23H29N3O2. The monoisotopic (exact) mass is 379 g/mol. The molecule has 1 N–H and O–H groups in total. The zero-order valence-corrected chi connectivity index (χ0v) is 17.2. The molecule has 0 bridgehead atoms. The fourth-order valence-corrected chi connectivity index (χ4v) is 3.45. The zero-order valence-electron chi connectivity index (χ0n) is 17.2. The smallest absolute Gasteiger partial charge is 0.217 e. The number of aryl methyl sites for hydroxylation is 3. The first-order valence-corrected chi connectivity index (χ1v) is 9.88. The molecule has 3 aromatic rings. The minimum atomic E-state index is -0.129. The highest BCUT2D eigenvalue weighted by Crippen LogP contribution is 2.22. The molecule has 0 fully saturated rings. The van der Waals surface area contributed by atoms with Gasteiger partial charge in [-0.25, -0.2) is 4.98 Å². The number of carbonyl (C=O) groups is 1. The lowest BCUT2D eigenvalue weighted by molar-refractivity contribution is -0.119. The number of nitrogens with zero attached hydrogens (tertiary/aromatic N) is 2. The SMILES string of the molecule is CC(=O)NC(C)c1nc2ccccc2n1CCCCOc1cc(C)ccc1C. The van der Waals surface area contributed by atoms with Gasteiger partial charge in [0, 0.05) is 13.5 Å². The second-order valence-corrected chi connectivity index (χ2v) is 7.36. The number of hydrogen-bond donors (Lipinski definition) is 1. The van der Waals surface area contributed by atoms with Crippen molar-refractivity contribution >= 4 is 16.9 Å². The summed E-state index contributed by atoms with van der Waals surface area (Å²) in [6, 6.07) is 14.3. The highest BCUT2D eigenvalue weighted by molar-refractivity contribution is 5.77. The van der Waals surface area contributed by atoms with Crippen molar-refractivity contribution in [1.29, 1.82) is 0 Å². The van der Waals surface area contributed by atoms with E-state index in [2.05, 4.69) is 48.0 Å². The van der Waals surface area contributed by atoms with Crippen molar-refractivity contribution in [1.82, 2.24) is 14.9 Å². The first-order valence-electron chi connectivity index (χ1n) is 9.88. The molecule has 148 valence electrons. The van der Waals surface area contributed by atoms with Crippen LogP contribution in [0.25, 0.3) is 11.0 Å². The Bertz CT molecular complexity index is 962. The molecule has 3 rings (SSSR count). The average molecular weight is 380 g/mol. The standard InChI is InChI=1S/C23H29N3O2/c1-16-11-12-17(2)22(15-16)28-14-8-7-13-26-21-10-6-5-9-20(21)25-23(26)18(3)24-19(4)27/h5-6,9-12,15,18H,7-8,13-14H2,1-4H3,(H,24,27). The second-order valence-electron chi connectivity index (χ2n) is 7.36. The minimum Gasteiger partial charge on any atom is -0.493 e. The number of hydrogen-bond acceptors (Lipinski definition) is 3. The van der Waals surface area contributed by atoms with Crippen molar-refractivity contribution in [3.63, 3.8) is 0 Å². The molecule has 0 radical (unpaired) electrons. The Morgan fingerprint density at radius 3 is 2.75 bits per heavy atom. The number of aromatic nitrogens is 2. The van der Waals surface area contributed by atoms with Gasteiger partial charge in [-0.05, 0) is 62.9 Å². The summed E-state index contributed by atoms with van der Waals surface area (Å²) >= 11 is 0. The number of benzene rings is 2. The maximum absolute atomic E-state index is 11.5. The molecule has 0 aliphatic heterocycles. The molecule has 0 spiro atoms. The minimum absolute atomic E-state index is 0.0481. The van der Waals surface area contributed by atoms with Crippen LogP contribution in [0.2, 0.25) is 0 Å². The summed E-state index contributed by atoms with van der Waals surface area (Å²) in [5.41, 5.74) is 4.44. The Morgan fingerprint density at radius 2 is 1.96 bits per heavy atom. The van der Waals surface area contributed by atoms with Crippen LogP contribution in [0.4, 0.5) is 0 Å². The van der Waals surface area contributed by atoms with E-state index in [9.17, 15) is 4.79 Å². The second kappa shape index (κ2) is 8.91. The van der Waals surface area contributed by atoms with Crippen LogP contribution in [-0.2, 0) is 11.3 Å². The lowest BCUT2D eigenvalue weighted by Crippen LogP contribution is -2.26.